The van der Waals surface area contributed by atoms with Crippen LogP contribution in [0, 0.1) is 11.8 Å². The van der Waals surface area contributed by atoms with E-state index in [-0.39, 0.29) is 12.0 Å². The molecule has 0 aromatic heterocycles. The number of nitrogens with zero attached hydrogens (tertiary/aromatic N) is 2. The molecule has 4 atom stereocenters. The van der Waals surface area contributed by atoms with Crippen LogP contribution in [-0.2, 0) is 9.53 Å². The summed E-state index contributed by atoms with van der Waals surface area (Å²) in [5, 5.41) is 0. The van der Waals surface area contributed by atoms with Crippen LogP contribution >= 0.6 is 11.8 Å². The Balaban J connectivity index is 1.27. The van der Waals surface area contributed by atoms with Gasteiger partial charge < -0.3 is 24.0 Å². The van der Waals surface area contributed by atoms with E-state index >= 15 is 0 Å². The Hall–Kier alpha value is -1.44. The zero-order valence-corrected chi connectivity index (χ0v) is 18.5. The number of thioether (sulfide) groups is 1. The molecule has 2 fully saturated rings. The highest BCUT2D eigenvalue weighted by Gasteiger charge is 2.44. The Morgan fingerprint density at radius 3 is 2.62 bits per heavy atom. The summed E-state index contributed by atoms with van der Waals surface area (Å²) in [6.07, 6.45) is 3.02. The van der Waals surface area contributed by atoms with Crippen LogP contribution in [0.25, 0.3) is 0 Å². The fourth-order valence-electron chi connectivity index (χ4n) is 4.92. The first-order chi connectivity index (χ1) is 14.0. The molecule has 6 nitrogen and oxygen atoms in total. The summed E-state index contributed by atoms with van der Waals surface area (Å²) >= 11 is 1.70. The fourth-order valence-corrected chi connectivity index (χ4v) is 5.79. The predicted molar refractivity (Wildman–Crippen MR) is 114 cm³/mol. The standard InChI is InChI=1S/C22H32N2O4S/c1-23(2)18-10-15-13-24(14-16(15)11-20(18)26-3)22(25)6-9-29-17-4-5-19-21(12-17)28-8-7-27-19/h4-5,12,15-16,18,20H,6-11,13-14H2,1-3H3/t15-,16+,18-,20-/m1/s1. The number of carbonyl (C=O) groups is 1. The number of ether oxygens (including phenoxy) is 3. The molecule has 1 aromatic rings. The lowest BCUT2D eigenvalue weighted by Gasteiger charge is -2.40. The molecule has 7 heteroatoms. The van der Waals surface area contributed by atoms with E-state index in [1.807, 2.05) is 25.3 Å². The Kier molecular flexibility index (Phi) is 6.56. The van der Waals surface area contributed by atoms with Crippen molar-refractivity contribution in [2.75, 3.05) is 53.3 Å². The Morgan fingerprint density at radius 2 is 1.90 bits per heavy atom. The molecule has 29 heavy (non-hydrogen) atoms. The number of rotatable bonds is 6. The molecule has 0 bridgehead atoms. The Labute approximate surface area is 177 Å². The van der Waals surface area contributed by atoms with E-state index in [0.717, 1.165) is 48.1 Å². The number of hydrogen-bond acceptors (Lipinski definition) is 6. The number of benzene rings is 1. The van der Waals surface area contributed by atoms with E-state index in [9.17, 15) is 4.79 Å². The highest BCUT2D eigenvalue weighted by molar-refractivity contribution is 7.99. The highest BCUT2D eigenvalue weighted by Crippen LogP contribution is 2.39. The van der Waals surface area contributed by atoms with Crippen LogP contribution in [0.1, 0.15) is 19.3 Å². The Bertz CT molecular complexity index is 729. The monoisotopic (exact) mass is 420 g/mol. The van der Waals surface area contributed by atoms with Gasteiger partial charge in [-0.05, 0) is 57.0 Å². The van der Waals surface area contributed by atoms with Crippen molar-refractivity contribution in [3.05, 3.63) is 18.2 Å². The maximum Gasteiger partial charge on any atom is 0.223 e. The minimum atomic E-state index is 0.270. The maximum absolute atomic E-state index is 12.8. The Morgan fingerprint density at radius 1 is 1.17 bits per heavy atom. The van der Waals surface area contributed by atoms with Crippen molar-refractivity contribution in [1.82, 2.24) is 9.80 Å². The van der Waals surface area contributed by atoms with Crippen molar-refractivity contribution in [3.8, 4) is 11.5 Å². The molecule has 0 N–H and O–H groups in total. The summed E-state index contributed by atoms with van der Waals surface area (Å²) in [7, 11) is 6.07. The second-order valence-electron chi connectivity index (χ2n) is 8.50. The van der Waals surface area contributed by atoms with Crippen LogP contribution in [0.2, 0.25) is 0 Å². The average molecular weight is 421 g/mol. The number of likely N-dealkylation sites (tertiary alicyclic amines) is 1. The fraction of sp³-hybridized carbons (Fsp3) is 0.682. The zero-order valence-electron chi connectivity index (χ0n) is 17.6. The summed E-state index contributed by atoms with van der Waals surface area (Å²) in [5.74, 6) is 3.85. The number of fused-ring (bicyclic) bond motifs is 2. The van der Waals surface area contributed by atoms with E-state index in [0.29, 0.717) is 37.5 Å². The molecule has 1 aromatic carbocycles. The van der Waals surface area contributed by atoms with Crippen LogP contribution < -0.4 is 9.47 Å². The summed E-state index contributed by atoms with van der Waals surface area (Å²) in [6.45, 7) is 2.99. The summed E-state index contributed by atoms with van der Waals surface area (Å²) in [6, 6.07) is 6.46. The van der Waals surface area contributed by atoms with Crippen molar-refractivity contribution >= 4 is 17.7 Å². The molecule has 4 rings (SSSR count). The van der Waals surface area contributed by atoms with Gasteiger partial charge in [0.15, 0.2) is 11.5 Å². The second kappa shape index (κ2) is 9.14. The van der Waals surface area contributed by atoms with Gasteiger partial charge >= 0.3 is 0 Å². The summed E-state index contributed by atoms with van der Waals surface area (Å²) in [5.41, 5.74) is 0. The van der Waals surface area contributed by atoms with Gasteiger partial charge in [-0.3, -0.25) is 4.79 Å². The van der Waals surface area contributed by atoms with Crippen molar-refractivity contribution in [1.29, 1.82) is 0 Å². The van der Waals surface area contributed by atoms with Gasteiger partial charge in [0, 0.05) is 43.3 Å². The smallest absolute Gasteiger partial charge is 0.223 e. The molecule has 160 valence electrons. The quantitative estimate of drug-likeness (QED) is 0.660. The van der Waals surface area contributed by atoms with Crippen LogP contribution in [-0.4, -0.2) is 81.1 Å². The van der Waals surface area contributed by atoms with Gasteiger partial charge in [0.1, 0.15) is 13.2 Å². The average Bonchev–Trinajstić information content (AvgIpc) is 3.15. The van der Waals surface area contributed by atoms with Gasteiger partial charge in [0.05, 0.1) is 6.10 Å². The summed E-state index contributed by atoms with van der Waals surface area (Å²) in [4.78, 5) is 18.3. The van der Waals surface area contributed by atoms with Gasteiger partial charge in [-0.2, -0.15) is 0 Å². The predicted octanol–water partition coefficient (Wildman–Crippen LogP) is 2.75. The molecule has 1 amide bonds. The minimum Gasteiger partial charge on any atom is -0.486 e. The number of hydrogen-bond donors (Lipinski definition) is 0. The molecular weight excluding hydrogens is 388 g/mol. The second-order valence-corrected chi connectivity index (χ2v) is 9.67. The molecule has 1 saturated carbocycles. The van der Waals surface area contributed by atoms with Crippen LogP contribution in [0.15, 0.2) is 23.1 Å². The van der Waals surface area contributed by atoms with Crippen molar-refractivity contribution < 1.29 is 19.0 Å². The lowest BCUT2D eigenvalue weighted by atomic mass is 9.77. The first-order valence-corrected chi connectivity index (χ1v) is 11.5. The van der Waals surface area contributed by atoms with E-state index < -0.39 is 0 Å². The molecule has 2 heterocycles. The zero-order chi connectivity index (χ0) is 20.4. The molecular formula is C22H32N2O4S. The third-order valence-corrected chi connectivity index (χ3v) is 7.50. The van der Waals surface area contributed by atoms with Gasteiger partial charge in [-0.1, -0.05) is 0 Å². The lowest BCUT2D eigenvalue weighted by Crippen LogP contribution is -2.47. The molecule has 0 radical (unpaired) electrons. The molecule has 1 saturated heterocycles. The maximum atomic E-state index is 12.8. The SMILES string of the molecule is CO[C@@H]1C[C@H]2CN(C(=O)CCSc3ccc4c(c3)OCCO4)C[C@H]2C[C@H]1N(C)C. The number of amides is 1. The van der Waals surface area contributed by atoms with E-state index in [1.165, 1.54) is 0 Å². The topological polar surface area (TPSA) is 51.2 Å². The van der Waals surface area contributed by atoms with Crippen molar-refractivity contribution in [2.45, 2.75) is 36.3 Å². The minimum absolute atomic E-state index is 0.270. The third-order valence-electron chi connectivity index (χ3n) is 6.50. The number of likely N-dealkylation sites (N-methyl/N-ethyl adjacent to an activating group) is 1. The van der Waals surface area contributed by atoms with Gasteiger partial charge in [0.25, 0.3) is 0 Å². The number of methoxy groups -OCH3 is 1. The molecule has 0 spiro atoms. The highest BCUT2D eigenvalue weighted by atomic mass is 32.2. The van der Waals surface area contributed by atoms with Crippen molar-refractivity contribution in [2.24, 2.45) is 11.8 Å². The van der Waals surface area contributed by atoms with E-state index in [1.54, 1.807) is 11.8 Å². The first kappa shape index (κ1) is 20.8. The van der Waals surface area contributed by atoms with Crippen LogP contribution in [0.4, 0.5) is 0 Å². The van der Waals surface area contributed by atoms with Gasteiger partial charge in [-0.25, -0.2) is 0 Å². The van der Waals surface area contributed by atoms with Gasteiger partial charge in [-0.15, -0.1) is 11.8 Å². The van der Waals surface area contributed by atoms with Crippen LogP contribution in [0.3, 0.4) is 0 Å². The van der Waals surface area contributed by atoms with Crippen LogP contribution in [0.5, 0.6) is 11.5 Å². The molecule has 1 aliphatic carbocycles. The molecule has 0 unspecified atom stereocenters. The van der Waals surface area contributed by atoms with E-state index in [2.05, 4.69) is 23.9 Å². The normalized spacial score (nSPS) is 28.5. The summed E-state index contributed by atoms with van der Waals surface area (Å²) < 4.78 is 17.0. The lowest BCUT2D eigenvalue weighted by molar-refractivity contribution is -0.129. The number of carbonyl (C=O) groups excluding carboxylic acids is 1. The molecule has 3 aliphatic rings. The van der Waals surface area contributed by atoms with Gasteiger partial charge in [0.2, 0.25) is 5.91 Å². The van der Waals surface area contributed by atoms with Crippen molar-refractivity contribution in [3.63, 3.8) is 0 Å². The largest absolute Gasteiger partial charge is 0.486 e. The van der Waals surface area contributed by atoms with E-state index in [4.69, 9.17) is 14.2 Å². The molecule has 2 aliphatic heterocycles. The third kappa shape index (κ3) is 4.67. The first-order valence-electron chi connectivity index (χ1n) is 10.5.